The fourth-order valence-corrected chi connectivity index (χ4v) is 3.97. The molecule has 0 bridgehead atoms. The monoisotopic (exact) mass is 407 g/mol. The predicted molar refractivity (Wildman–Crippen MR) is 109 cm³/mol. The van der Waals surface area contributed by atoms with E-state index in [2.05, 4.69) is 10.6 Å². The third-order valence-electron chi connectivity index (χ3n) is 5.85. The van der Waals surface area contributed by atoms with Crippen LogP contribution in [0.3, 0.4) is 0 Å². The van der Waals surface area contributed by atoms with Gasteiger partial charge in [-0.1, -0.05) is 18.2 Å². The molecule has 0 aliphatic carbocycles. The quantitative estimate of drug-likeness (QED) is 0.438. The Morgan fingerprint density at radius 3 is 2.70 bits per heavy atom. The molecule has 1 unspecified atom stereocenters. The Kier molecular flexibility index (Phi) is 4.89. The average Bonchev–Trinajstić information content (AvgIpc) is 3.08. The molecule has 30 heavy (non-hydrogen) atoms. The number of benzene rings is 2. The average molecular weight is 407 g/mol. The summed E-state index contributed by atoms with van der Waals surface area (Å²) < 4.78 is 14.3. The molecule has 4 rings (SSSR count). The van der Waals surface area contributed by atoms with Gasteiger partial charge in [0.05, 0.1) is 11.0 Å². The van der Waals surface area contributed by atoms with Gasteiger partial charge < -0.3 is 10.2 Å². The van der Waals surface area contributed by atoms with Crippen LogP contribution >= 0.6 is 0 Å². The van der Waals surface area contributed by atoms with Gasteiger partial charge in [-0.15, -0.1) is 0 Å². The van der Waals surface area contributed by atoms with E-state index in [1.54, 1.807) is 38.2 Å². The number of carbonyl (C=O) groups is 4. The molecule has 1 fully saturated rings. The van der Waals surface area contributed by atoms with Gasteiger partial charge in [0.1, 0.15) is 13.7 Å². The maximum absolute atomic E-state index is 14.3. The van der Waals surface area contributed by atoms with Crippen molar-refractivity contribution in [2.24, 2.45) is 0 Å². The number of carbonyl (C=O) groups excluding carboxylic acids is 4. The van der Waals surface area contributed by atoms with Crippen molar-refractivity contribution in [3.63, 3.8) is 0 Å². The number of imide groups is 1. The maximum Gasteiger partial charge on any atom is 0.254 e. The first-order chi connectivity index (χ1) is 14.3. The molecule has 0 spiro atoms. The summed E-state index contributed by atoms with van der Waals surface area (Å²) in [6.45, 7) is 0.330. The lowest BCUT2D eigenvalue weighted by molar-refractivity contribution is -0.138. The number of nitrogens with zero attached hydrogens (tertiary/aromatic N) is 1. The van der Waals surface area contributed by atoms with Crippen molar-refractivity contribution in [1.82, 2.24) is 10.2 Å². The normalized spacial score (nSPS) is 20.7. The molecular weight excluding hydrogens is 388 g/mol. The van der Waals surface area contributed by atoms with Crippen molar-refractivity contribution in [3.8, 4) is 0 Å². The Labute approximate surface area is 173 Å². The Bertz CT molecular complexity index is 1090. The summed E-state index contributed by atoms with van der Waals surface area (Å²) in [4.78, 5) is 49.5. The number of amides is 3. The van der Waals surface area contributed by atoms with Crippen LogP contribution in [-0.4, -0.2) is 42.2 Å². The van der Waals surface area contributed by atoms with Gasteiger partial charge in [0.15, 0.2) is 6.29 Å². The molecular formula is C21H19BFN3O4. The number of hydrogen-bond donors (Lipinski definition) is 2. The highest BCUT2D eigenvalue weighted by molar-refractivity contribution is 6.32. The molecule has 0 radical (unpaired) electrons. The molecule has 1 saturated heterocycles. The van der Waals surface area contributed by atoms with Crippen LogP contribution in [0.15, 0.2) is 36.4 Å². The zero-order chi connectivity index (χ0) is 21.5. The number of anilines is 1. The van der Waals surface area contributed by atoms with Gasteiger partial charge in [0.25, 0.3) is 5.91 Å². The smallest absolute Gasteiger partial charge is 0.254 e. The van der Waals surface area contributed by atoms with E-state index in [0.29, 0.717) is 28.7 Å². The van der Waals surface area contributed by atoms with Crippen molar-refractivity contribution in [3.05, 3.63) is 64.5 Å². The van der Waals surface area contributed by atoms with Gasteiger partial charge in [0.2, 0.25) is 11.8 Å². The standard InChI is InChI=1S/C21H19BFN3O4/c22-21(8-7-17(28)25-20(21)30)26-10-15-14(19(26)29)5-2-6-16(15)24-9-12-3-1-4-13(11-27)18(12)23/h1-6,11,24H,7-10,22H2,(H,25,28,30). The van der Waals surface area contributed by atoms with E-state index in [9.17, 15) is 23.6 Å². The molecule has 0 aromatic heterocycles. The lowest BCUT2D eigenvalue weighted by Gasteiger charge is -2.40. The SMILES string of the molecule is BC1(N2Cc3c(NCc4cccc(C=O)c4F)cccc3C2=O)CCC(=O)NC1=O. The molecule has 152 valence electrons. The van der Waals surface area contributed by atoms with Crippen molar-refractivity contribution in [2.75, 3.05) is 5.32 Å². The first-order valence-electron chi connectivity index (χ1n) is 9.59. The summed E-state index contributed by atoms with van der Waals surface area (Å²) >= 11 is 0. The minimum absolute atomic E-state index is 0.0141. The molecule has 2 N–H and O–H groups in total. The lowest BCUT2D eigenvalue weighted by atomic mass is 9.70. The van der Waals surface area contributed by atoms with Crippen LogP contribution in [-0.2, 0) is 22.7 Å². The van der Waals surface area contributed by atoms with Crippen LogP contribution in [0.1, 0.15) is 44.7 Å². The first-order valence-corrected chi connectivity index (χ1v) is 9.59. The molecule has 9 heteroatoms. The van der Waals surface area contributed by atoms with Gasteiger partial charge in [-0.2, -0.15) is 0 Å². The van der Waals surface area contributed by atoms with Crippen LogP contribution < -0.4 is 10.6 Å². The van der Waals surface area contributed by atoms with Gasteiger partial charge in [-0.3, -0.25) is 24.5 Å². The summed E-state index contributed by atoms with van der Waals surface area (Å²) in [7, 11) is 1.66. The lowest BCUT2D eigenvalue weighted by Crippen LogP contribution is -2.63. The molecule has 2 aromatic carbocycles. The Hall–Kier alpha value is -3.49. The van der Waals surface area contributed by atoms with Crippen molar-refractivity contribution >= 4 is 37.5 Å². The zero-order valence-electron chi connectivity index (χ0n) is 16.3. The highest BCUT2D eigenvalue weighted by atomic mass is 19.1. The van der Waals surface area contributed by atoms with E-state index in [4.69, 9.17) is 0 Å². The van der Waals surface area contributed by atoms with E-state index < -0.39 is 17.2 Å². The van der Waals surface area contributed by atoms with Crippen LogP contribution in [0.5, 0.6) is 0 Å². The molecule has 2 aromatic rings. The number of piperidine rings is 1. The number of nitrogens with one attached hydrogen (secondary N) is 2. The van der Waals surface area contributed by atoms with E-state index in [1.807, 2.05) is 0 Å². The van der Waals surface area contributed by atoms with E-state index >= 15 is 0 Å². The van der Waals surface area contributed by atoms with Crippen molar-refractivity contribution in [2.45, 2.75) is 31.4 Å². The molecule has 0 saturated carbocycles. The van der Waals surface area contributed by atoms with Crippen molar-refractivity contribution < 1.29 is 23.6 Å². The first kappa shape index (κ1) is 19.8. The summed E-state index contributed by atoms with van der Waals surface area (Å²) in [6, 6.07) is 9.78. The molecule has 2 aliphatic heterocycles. The molecule has 1 atom stereocenters. The summed E-state index contributed by atoms with van der Waals surface area (Å²) in [5.74, 6) is -1.69. The molecule has 2 aliphatic rings. The summed E-state index contributed by atoms with van der Waals surface area (Å²) in [6.07, 6.45) is 0.889. The number of rotatable bonds is 5. The van der Waals surface area contributed by atoms with Gasteiger partial charge >= 0.3 is 0 Å². The van der Waals surface area contributed by atoms with E-state index in [-0.39, 0.29) is 43.3 Å². The minimum atomic E-state index is -1.12. The third kappa shape index (κ3) is 3.16. The third-order valence-corrected chi connectivity index (χ3v) is 5.85. The predicted octanol–water partition coefficient (Wildman–Crippen LogP) is 0.972. The summed E-state index contributed by atoms with van der Waals surface area (Å²) in [5, 5.41) is 5.45. The number of halogens is 1. The number of aldehydes is 1. The Balaban J connectivity index is 1.59. The highest BCUT2D eigenvalue weighted by Crippen LogP contribution is 2.36. The molecule has 2 heterocycles. The van der Waals surface area contributed by atoms with E-state index in [1.165, 1.54) is 11.0 Å². The minimum Gasteiger partial charge on any atom is -0.381 e. The van der Waals surface area contributed by atoms with Crippen LogP contribution in [0.25, 0.3) is 0 Å². The Morgan fingerprint density at radius 1 is 1.20 bits per heavy atom. The summed E-state index contributed by atoms with van der Waals surface area (Å²) in [5.41, 5.74) is 1.02. The number of fused-ring (bicyclic) bond motifs is 1. The highest BCUT2D eigenvalue weighted by Gasteiger charge is 2.48. The van der Waals surface area contributed by atoms with Gasteiger partial charge in [0, 0.05) is 41.9 Å². The molecule has 7 nitrogen and oxygen atoms in total. The van der Waals surface area contributed by atoms with Gasteiger partial charge in [-0.25, -0.2) is 4.39 Å². The van der Waals surface area contributed by atoms with Crippen molar-refractivity contribution in [1.29, 1.82) is 0 Å². The second kappa shape index (κ2) is 7.40. The fourth-order valence-electron chi connectivity index (χ4n) is 3.97. The fraction of sp³-hybridized carbons (Fsp3) is 0.238. The zero-order valence-corrected chi connectivity index (χ0v) is 16.3. The topological polar surface area (TPSA) is 95.6 Å². The maximum atomic E-state index is 14.3. The van der Waals surface area contributed by atoms with Crippen LogP contribution in [0.4, 0.5) is 10.1 Å². The second-order valence-electron chi connectivity index (χ2n) is 7.67. The Morgan fingerprint density at radius 2 is 1.97 bits per heavy atom. The number of hydrogen-bond acceptors (Lipinski definition) is 5. The largest absolute Gasteiger partial charge is 0.381 e. The molecule has 3 amide bonds. The van der Waals surface area contributed by atoms with Crippen LogP contribution in [0.2, 0.25) is 0 Å². The second-order valence-corrected chi connectivity index (χ2v) is 7.67. The van der Waals surface area contributed by atoms with E-state index in [0.717, 1.165) is 0 Å². The van der Waals surface area contributed by atoms with Crippen LogP contribution in [0, 0.1) is 5.82 Å². The van der Waals surface area contributed by atoms with Gasteiger partial charge in [-0.05, 0) is 24.6 Å².